The molecule has 0 unspecified atom stereocenters. The van der Waals surface area contributed by atoms with E-state index in [9.17, 15) is 4.79 Å². The first-order valence-corrected chi connectivity index (χ1v) is 6.63. The predicted octanol–water partition coefficient (Wildman–Crippen LogP) is 2.62. The Kier molecular flexibility index (Phi) is 4.56. The molecule has 1 fully saturated rings. The number of nitrogens with zero attached hydrogens (tertiary/aromatic N) is 1. The molecule has 0 bridgehead atoms. The number of rotatable bonds is 4. The first-order valence-electron chi connectivity index (χ1n) is 6.63. The fraction of sp³-hybridized carbons (Fsp3) is 0.571. The Morgan fingerprint density at radius 1 is 1.39 bits per heavy atom. The van der Waals surface area contributed by atoms with Gasteiger partial charge in [-0.05, 0) is 44.7 Å². The Hall–Kier alpha value is -1.58. The van der Waals surface area contributed by atoms with Crippen molar-refractivity contribution >= 4 is 11.8 Å². The van der Waals surface area contributed by atoms with Crippen LogP contribution in [-0.4, -0.2) is 23.6 Å². The zero-order valence-corrected chi connectivity index (χ0v) is 10.8. The van der Waals surface area contributed by atoms with Crippen molar-refractivity contribution in [1.29, 1.82) is 0 Å². The number of carbonyl (C=O) groups is 1. The highest BCUT2D eigenvalue weighted by Gasteiger charge is 2.27. The van der Waals surface area contributed by atoms with Gasteiger partial charge in [0.1, 0.15) is 5.82 Å². The highest BCUT2D eigenvalue weighted by atomic mass is 16.5. The summed E-state index contributed by atoms with van der Waals surface area (Å²) in [6, 6.07) is 6.27. The van der Waals surface area contributed by atoms with E-state index in [0.717, 1.165) is 31.5 Å². The lowest BCUT2D eigenvalue weighted by atomic mass is 9.86. The van der Waals surface area contributed by atoms with Crippen molar-refractivity contribution in [3.05, 3.63) is 24.4 Å². The number of carbonyl (C=O) groups excluding carboxylic acids is 1. The van der Waals surface area contributed by atoms with Crippen LogP contribution in [0.2, 0.25) is 0 Å². The van der Waals surface area contributed by atoms with Gasteiger partial charge in [0.25, 0.3) is 0 Å². The van der Waals surface area contributed by atoms with Crippen LogP contribution >= 0.6 is 0 Å². The first kappa shape index (κ1) is 12.9. The van der Waals surface area contributed by atoms with Crippen LogP contribution in [0.15, 0.2) is 24.4 Å². The first-order chi connectivity index (χ1) is 8.79. The van der Waals surface area contributed by atoms with E-state index in [1.165, 1.54) is 0 Å². The van der Waals surface area contributed by atoms with Gasteiger partial charge in [0, 0.05) is 12.2 Å². The molecule has 1 saturated carbocycles. The fourth-order valence-corrected chi connectivity index (χ4v) is 2.39. The molecule has 1 N–H and O–H groups in total. The summed E-state index contributed by atoms with van der Waals surface area (Å²) in [4.78, 5) is 15.9. The number of aromatic nitrogens is 1. The van der Waals surface area contributed by atoms with E-state index in [-0.39, 0.29) is 11.9 Å². The topological polar surface area (TPSA) is 51.2 Å². The fourth-order valence-electron chi connectivity index (χ4n) is 2.39. The maximum Gasteiger partial charge on any atom is 0.308 e. The SMILES string of the molecule is CCOC(=O)C1CCC(Nc2ccccn2)CC1. The number of anilines is 1. The number of hydrogen-bond acceptors (Lipinski definition) is 4. The van der Waals surface area contributed by atoms with Crippen molar-refractivity contribution in [2.24, 2.45) is 5.92 Å². The van der Waals surface area contributed by atoms with Crippen LogP contribution in [-0.2, 0) is 9.53 Å². The van der Waals surface area contributed by atoms with E-state index in [4.69, 9.17) is 4.74 Å². The third kappa shape index (κ3) is 3.45. The summed E-state index contributed by atoms with van der Waals surface area (Å²) >= 11 is 0. The molecule has 4 nitrogen and oxygen atoms in total. The molecule has 0 spiro atoms. The van der Waals surface area contributed by atoms with E-state index in [1.807, 2.05) is 25.1 Å². The summed E-state index contributed by atoms with van der Waals surface area (Å²) in [7, 11) is 0. The van der Waals surface area contributed by atoms with Crippen LogP contribution in [0.1, 0.15) is 32.6 Å². The van der Waals surface area contributed by atoms with Crippen LogP contribution in [0.5, 0.6) is 0 Å². The molecule has 0 saturated heterocycles. The molecule has 0 radical (unpaired) electrons. The molecule has 4 heteroatoms. The van der Waals surface area contributed by atoms with E-state index < -0.39 is 0 Å². The summed E-state index contributed by atoms with van der Waals surface area (Å²) in [6.45, 7) is 2.33. The number of pyridine rings is 1. The Morgan fingerprint density at radius 2 is 2.17 bits per heavy atom. The lowest BCUT2D eigenvalue weighted by Crippen LogP contribution is -2.30. The minimum Gasteiger partial charge on any atom is -0.466 e. The molecule has 1 aliphatic carbocycles. The Labute approximate surface area is 108 Å². The molecule has 0 aliphatic heterocycles. The normalized spacial score (nSPS) is 23.4. The van der Waals surface area contributed by atoms with Gasteiger partial charge >= 0.3 is 5.97 Å². The highest BCUT2D eigenvalue weighted by Crippen LogP contribution is 2.27. The van der Waals surface area contributed by atoms with Gasteiger partial charge in [-0.1, -0.05) is 6.07 Å². The Morgan fingerprint density at radius 3 is 2.78 bits per heavy atom. The molecule has 1 heterocycles. The molecule has 1 aromatic heterocycles. The van der Waals surface area contributed by atoms with Crippen LogP contribution in [0.25, 0.3) is 0 Å². The maximum atomic E-state index is 11.6. The molecule has 1 aromatic rings. The third-order valence-electron chi connectivity index (χ3n) is 3.36. The summed E-state index contributed by atoms with van der Waals surface area (Å²) in [5.41, 5.74) is 0. The van der Waals surface area contributed by atoms with Gasteiger partial charge in [-0.3, -0.25) is 4.79 Å². The van der Waals surface area contributed by atoms with Crippen LogP contribution in [0, 0.1) is 5.92 Å². The van der Waals surface area contributed by atoms with Gasteiger partial charge in [-0.15, -0.1) is 0 Å². The second-order valence-electron chi connectivity index (χ2n) is 4.66. The van der Waals surface area contributed by atoms with Crippen LogP contribution in [0.3, 0.4) is 0 Å². The molecule has 0 aromatic carbocycles. The quantitative estimate of drug-likeness (QED) is 0.832. The van der Waals surface area contributed by atoms with Gasteiger partial charge < -0.3 is 10.1 Å². The minimum absolute atomic E-state index is 0.0335. The highest BCUT2D eigenvalue weighted by molar-refractivity contribution is 5.72. The number of esters is 1. The molecule has 0 amide bonds. The van der Waals surface area contributed by atoms with Crippen molar-refractivity contribution in [3.63, 3.8) is 0 Å². The minimum atomic E-state index is -0.0335. The van der Waals surface area contributed by atoms with Gasteiger partial charge in [0.05, 0.1) is 12.5 Å². The van der Waals surface area contributed by atoms with Gasteiger partial charge in [0.2, 0.25) is 0 Å². The van der Waals surface area contributed by atoms with Crippen molar-refractivity contribution in [3.8, 4) is 0 Å². The van der Waals surface area contributed by atoms with E-state index in [1.54, 1.807) is 6.20 Å². The number of ether oxygens (including phenoxy) is 1. The van der Waals surface area contributed by atoms with E-state index >= 15 is 0 Å². The molecule has 2 rings (SSSR count). The van der Waals surface area contributed by atoms with Crippen molar-refractivity contribution in [2.75, 3.05) is 11.9 Å². The average molecular weight is 248 g/mol. The number of hydrogen-bond donors (Lipinski definition) is 1. The van der Waals surface area contributed by atoms with Gasteiger partial charge in [-0.25, -0.2) is 4.98 Å². The van der Waals surface area contributed by atoms with Crippen LogP contribution < -0.4 is 5.32 Å². The average Bonchev–Trinajstić information content (AvgIpc) is 2.41. The summed E-state index contributed by atoms with van der Waals surface area (Å²) in [5.74, 6) is 0.970. The van der Waals surface area contributed by atoms with E-state index in [2.05, 4.69) is 10.3 Å². The largest absolute Gasteiger partial charge is 0.466 e. The summed E-state index contributed by atoms with van der Waals surface area (Å²) in [5, 5.41) is 3.41. The van der Waals surface area contributed by atoms with Gasteiger partial charge in [-0.2, -0.15) is 0 Å². The molecular weight excluding hydrogens is 228 g/mol. The predicted molar refractivity (Wildman–Crippen MR) is 70.2 cm³/mol. The second kappa shape index (κ2) is 6.38. The second-order valence-corrected chi connectivity index (χ2v) is 4.66. The smallest absolute Gasteiger partial charge is 0.308 e. The van der Waals surface area contributed by atoms with Crippen molar-refractivity contribution in [2.45, 2.75) is 38.6 Å². The molecule has 1 aliphatic rings. The molecule has 0 atom stereocenters. The summed E-state index contributed by atoms with van der Waals surface area (Å²) < 4.78 is 5.06. The van der Waals surface area contributed by atoms with E-state index in [0.29, 0.717) is 12.6 Å². The lowest BCUT2D eigenvalue weighted by molar-refractivity contribution is -0.149. The molecular formula is C14H20N2O2. The standard InChI is InChI=1S/C14H20N2O2/c1-2-18-14(17)11-6-8-12(9-7-11)16-13-5-3-4-10-15-13/h3-5,10-12H,2,6-9H2,1H3,(H,15,16). The Balaban J connectivity index is 1.78. The number of nitrogens with one attached hydrogen (secondary N) is 1. The zero-order chi connectivity index (χ0) is 12.8. The third-order valence-corrected chi connectivity index (χ3v) is 3.36. The zero-order valence-electron chi connectivity index (χ0n) is 10.8. The summed E-state index contributed by atoms with van der Waals surface area (Å²) in [6.07, 6.45) is 5.60. The molecule has 98 valence electrons. The lowest BCUT2D eigenvalue weighted by Gasteiger charge is -2.28. The Bertz CT molecular complexity index is 373. The van der Waals surface area contributed by atoms with Gasteiger partial charge in [0.15, 0.2) is 0 Å². The van der Waals surface area contributed by atoms with Crippen LogP contribution in [0.4, 0.5) is 5.82 Å². The maximum absolute atomic E-state index is 11.6. The van der Waals surface area contributed by atoms with Crippen molar-refractivity contribution < 1.29 is 9.53 Å². The molecule has 18 heavy (non-hydrogen) atoms. The van der Waals surface area contributed by atoms with Crippen molar-refractivity contribution in [1.82, 2.24) is 4.98 Å². The monoisotopic (exact) mass is 248 g/mol.